The zero-order chi connectivity index (χ0) is 25.3. The maximum absolute atomic E-state index is 13.4. The van der Waals surface area contributed by atoms with E-state index in [2.05, 4.69) is 0 Å². The molecule has 1 aromatic heterocycles. The number of rotatable bonds is 6. The van der Waals surface area contributed by atoms with Gasteiger partial charge < -0.3 is 10.4 Å². The normalized spacial score (nSPS) is 11.5. The summed E-state index contributed by atoms with van der Waals surface area (Å²) >= 11 is 6.16. The van der Waals surface area contributed by atoms with Crippen LogP contribution in [0.5, 0.6) is 0 Å². The highest BCUT2D eigenvalue weighted by Crippen LogP contribution is 2.23. The Kier molecular flexibility index (Phi) is 6.40. The Morgan fingerprint density at radius 2 is 1.66 bits per heavy atom. The number of aromatic nitrogens is 2. The minimum atomic E-state index is -4.53. The van der Waals surface area contributed by atoms with Gasteiger partial charge in [-0.25, -0.2) is 9.59 Å². The third kappa shape index (κ3) is 5.22. The molecule has 0 aliphatic rings. The van der Waals surface area contributed by atoms with Crippen LogP contribution in [0.3, 0.4) is 0 Å². The summed E-state index contributed by atoms with van der Waals surface area (Å²) in [6, 6.07) is 16.6. The number of carboxylic acids is 1. The summed E-state index contributed by atoms with van der Waals surface area (Å²) in [5.74, 6) is -1.99. The Morgan fingerprint density at radius 1 is 0.943 bits per heavy atom. The van der Waals surface area contributed by atoms with Crippen molar-refractivity contribution >= 4 is 34.5 Å². The van der Waals surface area contributed by atoms with Gasteiger partial charge in [0.15, 0.2) is 0 Å². The molecule has 0 bridgehead atoms. The van der Waals surface area contributed by atoms with Crippen LogP contribution < -0.4 is 11.0 Å². The average Bonchev–Trinajstić information content (AvgIpc) is 3.07. The van der Waals surface area contributed by atoms with Crippen molar-refractivity contribution in [1.82, 2.24) is 14.5 Å². The van der Waals surface area contributed by atoms with Crippen LogP contribution in [0.25, 0.3) is 16.7 Å². The molecule has 35 heavy (non-hydrogen) atoms. The number of amides is 1. The first-order valence-electron chi connectivity index (χ1n) is 10.2. The van der Waals surface area contributed by atoms with Gasteiger partial charge in [-0.15, -0.1) is 0 Å². The number of hydrogen-bond donors (Lipinski definition) is 2. The molecule has 0 atom stereocenters. The van der Waals surface area contributed by atoms with Gasteiger partial charge in [0.2, 0.25) is 0 Å². The lowest BCUT2D eigenvalue weighted by Gasteiger charge is -2.09. The fraction of sp³-hybridized carbons (Fsp3) is 0.125. The molecular formula is C24H17ClF3N3O4. The van der Waals surface area contributed by atoms with Crippen molar-refractivity contribution < 1.29 is 27.9 Å². The molecule has 0 saturated heterocycles. The first-order valence-corrected chi connectivity index (χ1v) is 10.6. The van der Waals surface area contributed by atoms with E-state index in [0.29, 0.717) is 27.3 Å². The van der Waals surface area contributed by atoms with E-state index in [4.69, 9.17) is 11.6 Å². The molecule has 0 spiro atoms. The SMILES string of the molecule is O=C(O)c1cccc(Cn2c(=O)n(-c3ccc(C(=O)NCC(F)(F)F)cc3)c3cc(Cl)ccc32)c1. The number of imidazole rings is 1. The number of alkyl halides is 3. The Hall–Kier alpha value is -4.05. The largest absolute Gasteiger partial charge is 0.478 e. The minimum Gasteiger partial charge on any atom is -0.478 e. The molecule has 0 radical (unpaired) electrons. The first kappa shape index (κ1) is 24.1. The van der Waals surface area contributed by atoms with Crippen LogP contribution in [0.15, 0.2) is 71.5 Å². The number of benzene rings is 3. The number of nitrogens with zero attached hydrogens (tertiary/aromatic N) is 2. The van der Waals surface area contributed by atoms with Gasteiger partial charge in [0.05, 0.1) is 28.8 Å². The fourth-order valence-electron chi connectivity index (χ4n) is 3.66. The number of carboxylic acid groups (broad SMARTS) is 1. The van der Waals surface area contributed by atoms with Crippen molar-refractivity contribution in [1.29, 1.82) is 0 Å². The van der Waals surface area contributed by atoms with Gasteiger partial charge in [-0.2, -0.15) is 13.2 Å². The third-order valence-corrected chi connectivity index (χ3v) is 5.48. The van der Waals surface area contributed by atoms with E-state index in [1.165, 1.54) is 45.5 Å². The van der Waals surface area contributed by atoms with Crippen molar-refractivity contribution in [2.45, 2.75) is 12.7 Å². The molecule has 1 amide bonds. The van der Waals surface area contributed by atoms with E-state index < -0.39 is 30.3 Å². The standard InChI is InChI=1S/C24H17ClF3N3O4/c25-17-6-9-19-20(11-17)31(18-7-4-15(5-8-18)21(32)29-13-24(26,27)28)23(35)30(19)12-14-2-1-3-16(10-14)22(33)34/h1-11H,12-13H2,(H,29,32)(H,33,34). The van der Waals surface area contributed by atoms with E-state index in [-0.39, 0.29) is 17.7 Å². The number of aromatic carboxylic acids is 1. The second kappa shape index (κ2) is 9.30. The van der Waals surface area contributed by atoms with Crippen LogP contribution >= 0.6 is 11.6 Å². The molecule has 0 saturated carbocycles. The predicted octanol–water partition coefficient (Wildman–Crippen LogP) is 4.48. The van der Waals surface area contributed by atoms with E-state index in [1.54, 1.807) is 35.6 Å². The van der Waals surface area contributed by atoms with Gasteiger partial charge in [0.1, 0.15) is 6.54 Å². The summed E-state index contributed by atoms with van der Waals surface area (Å²) in [6.45, 7) is -1.37. The van der Waals surface area contributed by atoms with E-state index in [1.807, 2.05) is 0 Å². The first-order chi connectivity index (χ1) is 16.5. The van der Waals surface area contributed by atoms with Gasteiger partial charge in [-0.05, 0) is 60.2 Å². The zero-order valence-electron chi connectivity index (χ0n) is 17.8. The number of carbonyl (C=O) groups is 2. The molecule has 4 aromatic rings. The minimum absolute atomic E-state index is 0.00157. The summed E-state index contributed by atoms with van der Waals surface area (Å²) in [5.41, 5.74) is 1.60. The lowest BCUT2D eigenvalue weighted by molar-refractivity contribution is -0.123. The number of halogens is 4. The number of fused-ring (bicyclic) bond motifs is 1. The van der Waals surface area contributed by atoms with Crippen LogP contribution in [0, 0.1) is 0 Å². The smallest absolute Gasteiger partial charge is 0.405 e. The lowest BCUT2D eigenvalue weighted by Crippen LogP contribution is -2.33. The Bertz CT molecular complexity index is 1490. The summed E-state index contributed by atoms with van der Waals surface area (Å²) in [6.07, 6.45) is -4.53. The molecule has 11 heteroatoms. The molecule has 3 aromatic carbocycles. The van der Waals surface area contributed by atoms with Crippen LogP contribution in [-0.2, 0) is 6.54 Å². The number of nitrogens with one attached hydrogen (secondary N) is 1. The third-order valence-electron chi connectivity index (χ3n) is 5.24. The monoisotopic (exact) mass is 503 g/mol. The van der Waals surface area contributed by atoms with Crippen LogP contribution in [0.1, 0.15) is 26.3 Å². The predicted molar refractivity (Wildman–Crippen MR) is 123 cm³/mol. The van der Waals surface area contributed by atoms with Crippen LogP contribution in [-0.4, -0.2) is 38.8 Å². The highest BCUT2D eigenvalue weighted by molar-refractivity contribution is 6.31. The molecule has 0 unspecified atom stereocenters. The van der Waals surface area contributed by atoms with Gasteiger partial charge >= 0.3 is 17.8 Å². The molecule has 1 heterocycles. The average molecular weight is 504 g/mol. The van der Waals surface area contributed by atoms with Gasteiger partial charge in [0.25, 0.3) is 5.91 Å². The zero-order valence-corrected chi connectivity index (χ0v) is 18.6. The van der Waals surface area contributed by atoms with Gasteiger partial charge in [-0.3, -0.25) is 13.9 Å². The Labute approximate surface area is 201 Å². The molecular weight excluding hydrogens is 487 g/mol. The molecule has 0 aliphatic carbocycles. The molecule has 2 N–H and O–H groups in total. The summed E-state index contributed by atoms with van der Waals surface area (Å²) in [5, 5.41) is 11.4. The highest BCUT2D eigenvalue weighted by Gasteiger charge is 2.28. The highest BCUT2D eigenvalue weighted by atomic mass is 35.5. The fourth-order valence-corrected chi connectivity index (χ4v) is 3.83. The Balaban J connectivity index is 1.73. The van der Waals surface area contributed by atoms with E-state index in [9.17, 15) is 32.7 Å². The van der Waals surface area contributed by atoms with Crippen molar-refractivity contribution in [2.75, 3.05) is 6.54 Å². The van der Waals surface area contributed by atoms with Crippen LogP contribution in [0.2, 0.25) is 5.02 Å². The summed E-state index contributed by atoms with van der Waals surface area (Å²) in [7, 11) is 0. The van der Waals surface area contributed by atoms with E-state index >= 15 is 0 Å². The lowest BCUT2D eigenvalue weighted by atomic mass is 10.1. The molecule has 7 nitrogen and oxygen atoms in total. The molecule has 0 aliphatic heterocycles. The quantitative estimate of drug-likeness (QED) is 0.405. The summed E-state index contributed by atoms with van der Waals surface area (Å²) < 4.78 is 39.9. The molecule has 0 fully saturated rings. The second-order valence-corrected chi connectivity index (χ2v) is 8.12. The topological polar surface area (TPSA) is 93.3 Å². The van der Waals surface area contributed by atoms with Crippen molar-refractivity contribution in [3.8, 4) is 5.69 Å². The maximum atomic E-state index is 13.4. The number of carbonyl (C=O) groups excluding carboxylic acids is 1. The van der Waals surface area contributed by atoms with E-state index in [0.717, 1.165) is 0 Å². The van der Waals surface area contributed by atoms with Crippen LogP contribution in [0.4, 0.5) is 13.2 Å². The Morgan fingerprint density at radius 3 is 2.31 bits per heavy atom. The number of hydrogen-bond acceptors (Lipinski definition) is 3. The van der Waals surface area contributed by atoms with Crippen molar-refractivity contribution in [3.05, 3.63) is 98.9 Å². The maximum Gasteiger partial charge on any atom is 0.405 e. The second-order valence-electron chi connectivity index (χ2n) is 7.69. The van der Waals surface area contributed by atoms with Gasteiger partial charge in [0, 0.05) is 10.6 Å². The molecule has 4 rings (SSSR count). The van der Waals surface area contributed by atoms with Crippen molar-refractivity contribution in [2.24, 2.45) is 0 Å². The van der Waals surface area contributed by atoms with Crippen molar-refractivity contribution in [3.63, 3.8) is 0 Å². The molecule has 180 valence electrons. The summed E-state index contributed by atoms with van der Waals surface area (Å²) in [4.78, 5) is 36.7. The van der Waals surface area contributed by atoms with Gasteiger partial charge in [-0.1, -0.05) is 23.7 Å².